The second-order valence-corrected chi connectivity index (χ2v) is 5.09. The highest BCUT2D eigenvalue weighted by Gasteiger charge is 2.32. The molecule has 2 aliphatic rings. The van der Waals surface area contributed by atoms with Crippen molar-refractivity contribution in [3.8, 4) is 0 Å². The van der Waals surface area contributed by atoms with E-state index in [1.807, 2.05) is 0 Å². The molecular formula is C11H23N3O. The molecular weight excluding hydrogens is 190 g/mol. The van der Waals surface area contributed by atoms with Crippen molar-refractivity contribution < 1.29 is 5.11 Å². The minimum Gasteiger partial charge on any atom is -0.389 e. The van der Waals surface area contributed by atoms with Gasteiger partial charge in [-0.05, 0) is 45.1 Å². The topological polar surface area (TPSA) is 70.3 Å². The fraction of sp³-hybridized carbons (Fsp3) is 1.00. The van der Waals surface area contributed by atoms with Crippen LogP contribution in [0.2, 0.25) is 0 Å². The Balaban J connectivity index is 1.72. The Morgan fingerprint density at radius 1 is 1.33 bits per heavy atom. The van der Waals surface area contributed by atoms with Gasteiger partial charge in [0.15, 0.2) is 0 Å². The van der Waals surface area contributed by atoms with Gasteiger partial charge in [-0.1, -0.05) is 0 Å². The van der Waals surface area contributed by atoms with Crippen molar-refractivity contribution in [3.05, 3.63) is 0 Å². The lowest BCUT2D eigenvalue weighted by Crippen LogP contribution is -2.50. The molecule has 2 rings (SSSR count). The van der Waals surface area contributed by atoms with Crippen LogP contribution in [0.4, 0.5) is 0 Å². The van der Waals surface area contributed by atoms with Crippen LogP contribution in [-0.2, 0) is 0 Å². The molecule has 5 N–H and O–H groups in total. The van der Waals surface area contributed by atoms with Crippen molar-refractivity contribution in [3.63, 3.8) is 0 Å². The van der Waals surface area contributed by atoms with E-state index in [1.165, 1.54) is 12.8 Å². The summed E-state index contributed by atoms with van der Waals surface area (Å²) in [4.78, 5) is 0. The normalized spacial score (nSPS) is 42.0. The molecule has 0 spiro atoms. The Kier molecular flexibility index (Phi) is 3.61. The van der Waals surface area contributed by atoms with Crippen molar-refractivity contribution in [2.24, 2.45) is 5.73 Å². The van der Waals surface area contributed by atoms with E-state index in [-0.39, 0.29) is 0 Å². The van der Waals surface area contributed by atoms with Gasteiger partial charge in [0, 0.05) is 12.6 Å². The first kappa shape index (κ1) is 11.3. The maximum atomic E-state index is 10.3. The zero-order valence-electron chi connectivity index (χ0n) is 9.34. The van der Waals surface area contributed by atoms with Gasteiger partial charge in [0.1, 0.15) is 0 Å². The number of nitrogens with two attached hydrogens (primary N) is 1. The fourth-order valence-electron chi connectivity index (χ4n) is 2.53. The average molecular weight is 213 g/mol. The minimum atomic E-state index is -0.514. The Morgan fingerprint density at radius 2 is 2.07 bits per heavy atom. The summed E-state index contributed by atoms with van der Waals surface area (Å²) in [6.45, 7) is 1.80. The summed E-state index contributed by atoms with van der Waals surface area (Å²) in [5.41, 5.74) is 5.32. The predicted octanol–water partition coefficient (Wildman–Crippen LogP) is -0.0821. The average Bonchev–Trinajstić information content (AvgIpc) is 2.73. The van der Waals surface area contributed by atoms with E-state index in [0.717, 1.165) is 32.2 Å². The summed E-state index contributed by atoms with van der Waals surface area (Å²) in [6.07, 6.45) is 6.41. The van der Waals surface area contributed by atoms with Crippen molar-refractivity contribution >= 4 is 0 Å². The minimum absolute atomic E-state index is 0.301. The van der Waals surface area contributed by atoms with Gasteiger partial charge < -0.3 is 16.2 Å². The maximum absolute atomic E-state index is 10.3. The van der Waals surface area contributed by atoms with Gasteiger partial charge in [0.25, 0.3) is 0 Å². The number of nitrogens with one attached hydrogen (secondary N) is 2. The van der Waals surface area contributed by atoms with Crippen LogP contribution in [0.3, 0.4) is 0 Å². The van der Waals surface area contributed by atoms with Crippen LogP contribution in [0.1, 0.15) is 38.5 Å². The van der Waals surface area contributed by atoms with E-state index in [2.05, 4.69) is 10.6 Å². The number of aliphatic hydroxyl groups is 1. The quantitative estimate of drug-likeness (QED) is 0.529. The van der Waals surface area contributed by atoms with E-state index in [0.29, 0.717) is 18.8 Å². The fourth-order valence-corrected chi connectivity index (χ4v) is 2.53. The zero-order chi connectivity index (χ0) is 10.7. The monoisotopic (exact) mass is 213 g/mol. The third kappa shape index (κ3) is 3.14. The van der Waals surface area contributed by atoms with Crippen LogP contribution >= 0.6 is 0 Å². The lowest BCUT2D eigenvalue weighted by atomic mass is 9.82. The standard InChI is InChI=1S/C11H23N3O/c12-9-3-5-11(15,6-4-9)8-14-10-2-1-7-13-10/h9-10,13-15H,1-8,12H2. The molecule has 1 unspecified atom stereocenters. The van der Waals surface area contributed by atoms with Gasteiger partial charge in [0.05, 0.1) is 11.8 Å². The second kappa shape index (κ2) is 4.78. The molecule has 2 fully saturated rings. The molecule has 1 saturated carbocycles. The molecule has 0 amide bonds. The summed E-state index contributed by atoms with van der Waals surface area (Å²) >= 11 is 0. The molecule has 1 aliphatic carbocycles. The third-order valence-electron chi connectivity index (χ3n) is 3.70. The summed E-state index contributed by atoms with van der Waals surface area (Å²) in [7, 11) is 0. The highest BCUT2D eigenvalue weighted by Crippen LogP contribution is 2.27. The third-order valence-corrected chi connectivity index (χ3v) is 3.70. The zero-order valence-corrected chi connectivity index (χ0v) is 9.34. The van der Waals surface area contributed by atoms with Gasteiger partial charge in [-0.2, -0.15) is 0 Å². The molecule has 1 aliphatic heterocycles. The van der Waals surface area contributed by atoms with E-state index in [4.69, 9.17) is 5.73 Å². The molecule has 1 saturated heterocycles. The highest BCUT2D eigenvalue weighted by molar-refractivity contribution is 4.89. The van der Waals surface area contributed by atoms with Crippen LogP contribution in [0.15, 0.2) is 0 Å². The summed E-state index contributed by atoms with van der Waals surface area (Å²) in [5, 5.41) is 17.1. The van der Waals surface area contributed by atoms with Crippen LogP contribution in [0.5, 0.6) is 0 Å². The van der Waals surface area contributed by atoms with E-state index in [9.17, 15) is 5.11 Å². The number of hydrogen-bond donors (Lipinski definition) is 4. The van der Waals surface area contributed by atoms with Crippen molar-refractivity contribution in [2.75, 3.05) is 13.1 Å². The Labute approximate surface area is 91.6 Å². The summed E-state index contributed by atoms with van der Waals surface area (Å²) < 4.78 is 0. The van der Waals surface area contributed by atoms with Gasteiger partial charge in [-0.15, -0.1) is 0 Å². The largest absolute Gasteiger partial charge is 0.389 e. The van der Waals surface area contributed by atoms with Gasteiger partial charge in [0.2, 0.25) is 0 Å². The van der Waals surface area contributed by atoms with E-state index >= 15 is 0 Å². The number of rotatable bonds is 3. The highest BCUT2D eigenvalue weighted by atomic mass is 16.3. The molecule has 0 bridgehead atoms. The van der Waals surface area contributed by atoms with Crippen molar-refractivity contribution in [2.45, 2.75) is 56.3 Å². The molecule has 0 aromatic carbocycles. The molecule has 0 aromatic heterocycles. The molecule has 4 nitrogen and oxygen atoms in total. The Hall–Kier alpha value is -0.160. The number of hydrogen-bond acceptors (Lipinski definition) is 4. The molecule has 0 radical (unpaired) electrons. The van der Waals surface area contributed by atoms with Gasteiger partial charge >= 0.3 is 0 Å². The SMILES string of the molecule is NC1CCC(O)(CNC2CCCN2)CC1. The van der Waals surface area contributed by atoms with Crippen LogP contribution in [0, 0.1) is 0 Å². The molecule has 0 aromatic rings. The Bertz CT molecular complexity index is 196. The predicted molar refractivity (Wildman–Crippen MR) is 60.4 cm³/mol. The van der Waals surface area contributed by atoms with Crippen LogP contribution in [0.25, 0.3) is 0 Å². The second-order valence-electron chi connectivity index (χ2n) is 5.09. The van der Waals surface area contributed by atoms with E-state index in [1.54, 1.807) is 0 Å². The lowest BCUT2D eigenvalue weighted by molar-refractivity contribution is -0.00185. The molecule has 4 heteroatoms. The van der Waals surface area contributed by atoms with Crippen molar-refractivity contribution in [1.29, 1.82) is 0 Å². The molecule has 1 atom stereocenters. The molecule has 15 heavy (non-hydrogen) atoms. The lowest BCUT2D eigenvalue weighted by Gasteiger charge is -2.35. The smallest absolute Gasteiger partial charge is 0.0773 e. The summed E-state index contributed by atoms with van der Waals surface area (Å²) in [6, 6.07) is 0.301. The van der Waals surface area contributed by atoms with Gasteiger partial charge in [-0.3, -0.25) is 5.32 Å². The van der Waals surface area contributed by atoms with E-state index < -0.39 is 5.60 Å². The first-order chi connectivity index (χ1) is 7.18. The first-order valence-electron chi connectivity index (χ1n) is 6.13. The molecule has 88 valence electrons. The summed E-state index contributed by atoms with van der Waals surface area (Å²) in [5.74, 6) is 0. The van der Waals surface area contributed by atoms with Crippen LogP contribution < -0.4 is 16.4 Å². The van der Waals surface area contributed by atoms with Crippen LogP contribution in [-0.4, -0.2) is 36.0 Å². The molecule has 1 heterocycles. The Morgan fingerprint density at radius 3 is 2.67 bits per heavy atom. The first-order valence-corrected chi connectivity index (χ1v) is 6.13. The maximum Gasteiger partial charge on any atom is 0.0773 e. The van der Waals surface area contributed by atoms with Crippen molar-refractivity contribution in [1.82, 2.24) is 10.6 Å². The van der Waals surface area contributed by atoms with Gasteiger partial charge in [-0.25, -0.2) is 0 Å².